The summed E-state index contributed by atoms with van der Waals surface area (Å²) >= 11 is 0.862. The second kappa shape index (κ2) is 11.2. The quantitative estimate of drug-likeness (QED) is 0.526. The minimum absolute atomic E-state index is 0.0938. The summed E-state index contributed by atoms with van der Waals surface area (Å²) < 4.78 is 0. The minimum atomic E-state index is -1.08. The van der Waals surface area contributed by atoms with E-state index in [0.29, 0.717) is 12.8 Å². The highest BCUT2D eigenvalue weighted by molar-refractivity contribution is 8.14. The zero-order chi connectivity index (χ0) is 24.8. The van der Waals surface area contributed by atoms with E-state index in [4.69, 9.17) is 0 Å². The number of carboxylic acids is 1. The lowest BCUT2D eigenvalue weighted by atomic mass is 10.0. The largest absolute Gasteiger partial charge is 0.508 e. The molecule has 1 aliphatic rings. The van der Waals surface area contributed by atoms with Gasteiger partial charge < -0.3 is 20.4 Å². The first-order valence-corrected chi connectivity index (χ1v) is 11.9. The molecule has 0 aliphatic carbocycles. The fourth-order valence-corrected chi connectivity index (χ4v) is 4.99. The molecule has 2 aromatic carbocycles. The van der Waals surface area contributed by atoms with E-state index in [-0.39, 0.29) is 29.9 Å². The number of thioether (sulfide) groups is 1. The van der Waals surface area contributed by atoms with Gasteiger partial charge in [-0.25, -0.2) is 4.79 Å². The fourth-order valence-electron chi connectivity index (χ4n) is 4.12. The number of aryl methyl sites for hydroxylation is 1. The minimum Gasteiger partial charge on any atom is -0.508 e. The highest BCUT2D eigenvalue weighted by Crippen LogP contribution is 2.36. The first-order valence-electron chi connectivity index (χ1n) is 11.0. The van der Waals surface area contributed by atoms with Crippen molar-refractivity contribution in [3.05, 3.63) is 65.2 Å². The van der Waals surface area contributed by atoms with Gasteiger partial charge in [0.25, 0.3) is 0 Å². The Bertz CT molecular complexity index is 1050. The average Bonchev–Trinajstić information content (AvgIpc) is 3.24. The van der Waals surface area contributed by atoms with Crippen LogP contribution >= 0.6 is 11.8 Å². The fraction of sp³-hybridized carbons (Fsp3) is 0.360. The number of carboxylic acid groups (broad SMARTS) is 1. The van der Waals surface area contributed by atoms with E-state index in [9.17, 15) is 29.4 Å². The number of rotatable bonds is 8. The number of likely N-dealkylation sites (tertiary alicyclic amines) is 1. The van der Waals surface area contributed by atoms with Gasteiger partial charge in [0, 0.05) is 6.92 Å². The zero-order valence-electron chi connectivity index (χ0n) is 19.1. The van der Waals surface area contributed by atoms with Gasteiger partial charge >= 0.3 is 5.97 Å². The number of carbonyl (C=O) groups excluding carboxylic acids is 3. The smallest absolute Gasteiger partial charge is 0.326 e. The molecule has 8 nitrogen and oxygen atoms in total. The van der Waals surface area contributed by atoms with E-state index < -0.39 is 29.1 Å². The van der Waals surface area contributed by atoms with Crippen LogP contribution in [0.25, 0.3) is 0 Å². The van der Waals surface area contributed by atoms with E-state index in [1.54, 1.807) is 12.1 Å². The van der Waals surface area contributed by atoms with Crippen molar-refractivity contribution in [3.63, 3.8) is 0 Å². The van der Waals surface area contributed by atoms with Gasteiger partial charge in [-0.1, -0.05) is 53.7 Å². The van der Waals surface area contributed by atoms with Gasteiger partial charge in [0.15, 0.2) is 5.12 Å². The second-order valence-corrected chi connectivity index (χ2v) is 9.72. The van der Waals surface area contributed by atoms with E-state index in [0.717, 1.165) is 28.5 Å². The maximum absolute atomic E-state index is 13.1. The van der Waals surface area contributed by atoms with Crippen molar-refractivity contribution in [2.45, 2.75) is 50.4 Å². The molecule has 2 unspecified atom stereocenters. The van der Waals surface area contributed by atoms with Crippen LogP contribution in [0.4, 0.5) is 0 Å². The van der Waals surface area contributed by atoms with Gasteiger partial charge in [-0.2, -0.15) is 0 Å². The lowest BCUT2D eigenvalue weighted by Gasteiger charge is -2.29. The number of nitrogens with one attached hydrogen (secondary N) is 1. The van der Waals surface area contributed by atoms with Crippen molar-refractivity contribution in [2.24, 2.45) is 0 Å². The van der Waals surface area contributed by atoms with Gasteiger partial charge in [-0.3, -0.25) is 14.4 Å². The monoisotopic (exact) mass is 484 g/mol. The molecule has 0 saturated carbocycles. The zero-order valence-corrected chi connectivity index (χ0v) is 19.9. The molecule has 0 spiro atoms. The maximum Gasteiger partial charge on any atom is 0.326 e. The number of aromatic hydroxyl groups is 1. The third kappa shape index (κ3) is 6.38. The van der Waals surface area contributed by atoms with Gasteiger partial charge in [0.05, 0.1) is 17.8 Å². The van der Waals surface area contributed by atoms with Crippen LogP contribution in [0, 0.1) is 6.92 Å². The van der Waals surface area contributed by atoms with Crippen molar-refractivity contribution in [1.82, 2.24) is 10.2 Å². The topological polar surface area (TPSA) is 124 Å². The molecule has 0 aromatic heterocycles. The number of carbonyl (C=O) groups is 4. The van der Waals surface area contributed by atoms with Crippen molar-refractivity contribution in [3.8, 4) is 5.75 Å². The van der Waals surface area contributed by atoms with E-state index in [1.165, 1.54) is 24.0 Å². The third-order valence-electron chi connectivity index (χ3n) is 5.79. The van der Waals surface area contributed by atoms with Crippen LogP contribution in [0.2, 0.25) is 0 Å². The molecule has 0 radical (unpaired) electrons. The molecule has 1 fully saturated rings. The van der Waals surface area contributed by atoms with Crippen molar-refractivity contribution in [2.75, 3.05) is 6.54 Å². The maximum atomic E-state index is 13.1. The van der Waals surface area contributed by atoms with Crippen LogP contribution in [-0.4, -0.2) is 55.8 Å². The number of hydrogen-bond donors (Lipinski definition) is 3. The van der Waals surface area contributed by atoms with Gasteiger partial charge in [0.1, 0.15) is 11.8 Å². The summed E-state index contributed by atoms with van der Waals surface area (Å²) in [6, 6.07) is 12.6. The molecule has 3 atom stereocenters. The summed E-state index contributed by atoms with van der Waals surface area (Å²) in [6.07, 6.45) is 1.08. The molecule has 1 heterocycles. The predicted molar refractivity (Wildman–Crippen MR) is 128 cm³/mol. The Balaban J connectivity index is 1.71. The molecular formula is C25H28N2O6S. The van der Waals surface area contributed by atoms with Gasteiger partial charge in [-0.15, -0.1) is 0 Å². The van der Waals surface area contributed by atoms with Gasteiger partial charge in [0.2, 0.25) is 11.8 Å². The molecular weight excluding hydrogens is 456 g/mol. The third-order valence-corrected chi connectivity index (χ3v) is 6.79. The number of amides is 2. The van der Waals surface area contributed by atoms with E-state index in [1.807, 2.05) is 31.2 Å². The van der Waals surface area contributed by atoms with Crippen LogP contribution < -0.4 is 5.32 Å². The lowest BCUT2D eigenvalue weighted by Crippen LogP contribution is -2.47. The highest BCUT2D eigenvalue weighted by atomic mass is 32.2. The lowest BCUT2D eigenvalue weighted by molar-refractivity contribution is -0.149. The van der Waals surface area contributed by atoms with E-state index >= 15 is 0 Å². The molecule has 9 heteroatoms. The number of phenolic OH excluding ortho intramolecular Hbond substituents is 1. The standard InChI is InChI=1S/C25H28N2O6S/c1-15-3-7-18(8-4-15)20-11-12-21(25(32)33)27(20)23(30)14-26-24(31)22(34-16(2)28)13-17-5-9-19(29)10-6-17/h3-10,20-22,29H,11-14H2,1-2H3,(H,26,31)(H,32,33)/t20?,21-,22?/m0/s1. The molecule has 3 N–H and O–H groups in total. The Labute approximate surface area is 202 Å². The summed E-state index contributed by atoms with van der Waals surface area (Å²) in [5.41, 5.74) is 2.67. The molecule has 3 rings (SSSR count). The number of phenols is 1. The molecule has 1 saturated heterocycles. The Morgan fingerprint density at radius 1 is 1.06 bits per heavy atom. The number of hydrogen-bond acceptors (Lipinski definition) is 6. The SMILES string of the molecule is CC(=O)SC(Cc1ccc(O)cc1)C(=O)NCC(=O)N1C(c2ccc(C)cc2)CC[C@H]1C(=O)O. The van der Waals surface area contributed by atoms with Gasteiger partial charge in [-0.05, 0) is 49.4 Å². The molecule has 2 aromatic rings. The summed E-state index contributed by atoms with van der Waals surface area (Å²) in [5, 5.41) is 20.7. The first kappa shape index (κ1) is 25.3. The first-order chi connectivity index (χ1) is 16.2. The Hall–Kier alpha value is -3.33. The van der Waals surface area contributed by atoms with Crippen molar-refractivity contribution in [1.29, 1.82) is 0 Å². The molecule has 180 valence electrons. The highest BCUT2D eigenvalue weighted by Gasteiger charge is 2.41. The second-order valence-electron chi connectivity index (χ2n) is 8.35. The summed E-state index contributed by atoms with van der Waals surface area (Å²) in [4.78, 5) is 50.8. The molecule has 2 amide bonds. The van der Waals surface area contributed by atoms with Crippen molar-refractivity contribution < 1.29 is 29.4 Å². The molecule has 0 bridgehead atoms. The predicted octanol–water partition coefficient (Wildman–Crippen LogP) is 2.82. The normalized spacial score (nSPS) is 18.4. The summed E-state index contributed by atoms with van der Waals surface area (Å²) in [5.74, 6) is -1.96. The van der Waals surface area contributed by atoms with Crippen LogP contribution in [0.3, 0.4) is 0 Å². The van der Waals surface area contributed by atoms with Crippen LogP contribution in [0.1, 0.15) is 42.5 Å². The van der Waals surface area contributed by atoms with Crippen molar-refractivity contribution >= 4 is 34.7 Å². The van der Waals surface area contributed by atoms with E-state index in [2.05, 4.69) is 5.32 Å². The Morgan fingerprint density at radius 2 is 1.71 bits per heavy atom. The van der Waals surface area contributed by atoms with Crippen LogP contribution in [0.15, 0.2) is 48.5 Å². The summed E-state index contributed by atoms with van der Waals surface area (Å²) in [7, 11) is 0. The number of nitrogens with zero attached hydrogens (tertiary/aromatic N) is 1. The van der Waals surface area contributed by atoms with Crippen LogP contribution in [0.5, 0.6) is 5.75 Å². The molecule has 1 aliphatic heterocycles. The molecule has 34 heavy (non-hydrogen) atoms. The summed E-state index contributed by atoms with van der Waals surface area (Å²) in [6.45, 7) is 2.95. The average molecular weight is 485 g/mol. The Morgan fingerprint density at radius 3 is 2.29 bits per heavy atom. The van der Waals surface area contributed by atoms with Crippen LogP contribution in [-0.2, 0) is 25.6 Å². The number of benzene rings is 2. The number of aliphatic carboxylic acids is 1. The Kier molecular flexibility index (Phi) is 8.33.